The predicted molar refractivity (Wildman–Crippen MR) is 178 cm³/mol. The first-order valence-corrected chi connectivity index (χ1v) is 14.5. The minimum Gasteiger partial charge on any atom is -0.278 e. The normalized spacial score (nSPS) is 11.3. The highest BCUT2D eigenvalue weighted by molar-refractivity contribution is 6.11. The molecule has 0 spiro atoms. The molecule has 6 aromatic carbocycles. The topological polar surface area (TPSA) is 30.7 Å². The van der Waals surface area contributed by atoms with Gasteiger partial charge in [-0.2, -0.15) is 0 Å². The molecule has 0 saturated carbocycles. The van der Waals surface area contributed by atoms with E-state index in [2.05, 4.69) is 156 Å². The maximum Gasteiger partial charge on any atom is 0.235 e. The van der Waals surface area contributed by atoms with Crippen molar-refractivity contribution in [1.82, 2.24) is 14.5 Å². The Morgan fingerprint density at radius 1 is 0.326 bits per heavy atom. The van der Waals surface area contributed by atoms with Crippen molar-refractivity contribution < 1.29 is 0 Å². The minimum absolute atomic E-state index is 0.653. The summed E-state index contributed by atoms with van der Waals surface area (Å²) in [5.41, 5.74) is 10.8. The molecule has 3 heteroatoms. The average Bonchev–Trinajstić information content (AvgIpc) is 3.42. The van der Waals surface area contributed by atoms with Gasteiger partial charge in [0.15, 0.2) is 0 Å². The second-order valence-electron chi connectivity index (χ2n) is 10.7. The Hall–Kier alpha value is -5.80. The van der Waals surface area contributed by atoms with E-state index in [-0.39, 0.29) is 0 Å². The van der Waals surface area contributed by atoms with Crippen molar-refractivity contribution in [2.24, 2.45) is 0 Å². The second kappa shape index (κ2) is 10.6. The third kappa shape index (κ3) is 4.58. The highest BCUT2D eigenvalue weighted by Crippen LogP contribution is 2.37. The molecule has 43 heavy (non-hydrogen) atoms. The first kappa shape index (κ1) is 25.0. The van der Waals surface area contributed by atoms with Gasteiger partial charge in [0, 0.05) is 21.9 Å². The van der Waals surface area contributed by atoms with Gasteiger partial charge in [0.25, 0.3) is 0 Å². The summed E-state index contributed by atoms with van der Waals surface area (Å²) in [5.74, 6) is 0.653. The standard InChI is InChI=1S/C40H27N3/c1-5-13-28(14-6-1)32-21-23-38-34(25-32)35-26-33(29-15-7-2-8-16-29)22-24-39(35)43(38)40-41-36(30-17-9-3-10-18-30)27-37(42-40)31-19-11-4-12-20-31/h1-27H. The van der Waals surface area contributed by atoms with Crippen LogP contribution in [0.3, 0.4) is 0 Å². The molecule has 0 aliphatic rings. The Balaban J connectivity index is 1.42. The lowest BCUT2D eigenvalue weighted by atomic mass is 10.0. The molecule has 0 amide bonds. The molecular formula is C40H27N3. The summed E-state index contributed by atoms with van der Waals surface area (Å²) >= 11 is 0. The molecule has 2 heterocycles. The van der Waals surface area contributed by atoms with Crippen LogP contribution in [-0.4, -0.2) is 14.5 Å². The summed E-state index contributed by atoms with van der Waals surface area (Å²) in [4.78, 5) is 10.4. The van der Waals surface area contributed by atoms with Gasteiger partial charge in [-0.25, -0.2) is 9.97 Å². The van der Waals surface area contributed by atoms with E-state index in [4.69, 9.17) is 9.97 Å². The van der Waals surface area contributed by atoms with Crippen LogP contribution in [0.4, 0.5) is 0 Å². The summed E-state index contributed by atoms with van der Waals surface area (Å²) in [6, 6.07) is 57.3. The first-order valence-electron chi connectivity index (χ1n) is 14.5. The van der Waals surface area contributed by atoms with Crippen molar-refractivity contribution in [3.8, 4) is 50.7 Å². The number of fused-ring (bicyclic) bond motifs is 3. The molecule has 0 fully saturated rings. The molecule has 3 nitrogen and oxygen atoms in total. The van der Waals surface area contributed by atoms with Crippen LogP contribution in [0.1, 0.15) is 0 Å². The van der Waals surface area contributed by atoms with Crippen molar-refractivity contribution in [3.63, 3.8) is 0 Å². The van der Waals surface area contributed by atoms with Crippen LogP contribution in [0.25, 0.3) is 72.5 Å². The van der Waals surface area contributed by atoms with Gasteiger partial charge in [0.1, 0.15) is 0 Å². The molecule has 8 rings (SSSR count). The highest BCUT2D eigenvalue weighted by Gasteiger charge is 2.18. The van der Waals surface area contributed by atoms with E-state index in [0.717, 1.165) is 33.5 Å². The van der Waals surface area contributed by atoms with Crippen LogP contribution in [0.2, 0.25) is 0 Å². The maximum absolute atomic E-state index is 5.18. The van der Waals surface area contributed by atoms with Gasteiger partial charge >= 0.3 is 0 Å². The van der Waals surface area contributed by atoms with Crippen LogP contribution in [-0.2, 0) is 0 Å². The monoisotopic (exact) mass is 549 g/mol. The summed E-state index contributed by atoms with van der Waals surface area (Å²) in [6.45, 7) is 0. The van der Waals surface area contributed by atoms with E-state index >= 15 is 0 Å². The number of nitrogens with zero attached hydrogens (tertiary/aromatic N) is 3. The van der Waals surface area contributed by atoms with Gasteiger partial charge in [0.05, 0.1) is 22.4 Å². The molecule has 0 N–H and O–H groups in total. The molecule has 0 aliphatic carbocycles. The van der Waals surface area contributed by atoms with E-state index in [1.165, 1.54) is 33.0 Å². The van der Waals surface area contributed by atoms with Crippen molar-refractivity contribution in [1.29, 1.82) is 0 Å². The minimum atomic E-state index is 0.653. The van der Waals surface area contributed by atoms with E-state index in [0.29, 0.717) is 5.95 Å². The third-order valence-corrected chi connectivity index (χ3v) is 8.03. The number of rotatable bonds is 5. The van der Waals surface area contributed by atoms with E-state index < -0.39 is 0 Å². The number of benzene rings is 6. The SMILES string of the molecule is c1ccc(-c2ccc3c(c2)c2cc(-c4ccccc4)ccc2n3-c2nc(-c3ccccc3)cc(-c3ccccc3)n2)cc1. The Morgan fingerprint density at radius 2 is 0.698 bits per heavy atom. The largest absolute Gasteiger partial charge is 0.278 e. The first-order chi connectivity index (χ1) is 21.3. The predicted octanol–water partition coefficient (Wildman–Crippen LogP) is 10.2. The summed E-state index contributed by atoms with van der Waals surface area (Å²) < 4.78 is 2.22. The molecule has 0 aliphatic heterocycles. The molecule has 8 aromatic rings. The van der Waals surface area contributed by atoms with Crippen molar-refractivity contribution in [3.05, 3.63) is 164 Å². The molecule has 0 saturated heterocycles. The zero-order chi connectivity index (χ0) is 28.6. The summed E-state index contributed by atoms with van der Waals surface area (Å²) in [5, 5.41) is 2.34. The molecule has 0 unspecified atom stereocenters. The van der Waals surface area contributed by atoms with Crippen molar-refractivity contribution >= 4 is 21.8 Å². The van der Waals surface area contributed by atoms with Crippen LogP contribution in [0.5, 0.6) is 0 Å². The van der Waals surface area contributed by atoms with E-state index in [1.807, 2.05) is 12.1 Å². The smallest absolute Gasteiger partial charge is 0.235 e. The molecule has 0 bridgehead atoms. The van der Waals surface area contributed by atoms with Gasteiger partial charge in [-0.3, -0.25) is 4.57 Å². The highest BCUT2D eigenvalue weighted by atomic mass is 15.2. The number of hydrogen-bond donors (Lipinski definition) is 0. The fraction of sp³-hybridized carbons (Fsp3) is 0. The van der Waals surface area contributed by atoms with Crippen molar-refractivity contribution in [2.45, 2.75) is 0 Å². The Morgan fingerprint density at radius 3 is 1.09 bits per heavy atom. The lowest BCUT2D eigenvalue weighted by Crippen LogP contribution is -2.04. The van der Waals surface area contributed by atoms with Gasteiger partial charge in [-0.05, 0) is 52.6 Å². The van der Waals surface area contributed by atoms with Gasteiger partial charge in [-0.15, -0.1) is 0 Å². The molecule has 0 radical (unpaired) electrons. The van der Waals surface area contributed by atoms with Crippen LogP contribution >= 0.6 is 0 Å². The molecule has 202 valence electrons. The maximum atomic E-state index is 5.18. The van der Waals surface area contributed by atoms with E-state index in [9.17, 15) is 0 Å². The quantitative estimate of drug-likeness (QED) is 0.214. The lowest BCUT2D eigenvalue weighted by Gasteiger charge is -2.12. The summed E-state index contributed by atoms with van der Waals surface area (Å²) in [7, 11) is 0. The van der Waals surface area contributed by atoms with E-state index in [1.54, 1.807) is 0 Å². The van der Waals surface area contributed by atoms with Crippen molar-refractivity contribution in [2.75, 3.05) is 0 Å². The van der Waals surface area contributed by atoms with Gasteiger partial charge < -0.3 is 0 Å². The van der Waals surface area contributed by atoms with Gasteiger partial charge in [-0.1, -0.05) is 133 Å². The zero-order valence-corrected chi connectivity index (χ0v) is 23.4. The molecule has 0 atom stereocenters. The average molecular weight is 550 g/mol. The van der Waals surface area contributed by atoms with Gasteiger partial charge in [0.2, 0.25) is 5.95 Å². The lowest BCUT2D eigenvalue weighted by molar-refractivity contribution is 0.995. The molecular weight excluding hydrogens is 522 g/mol. The van der Waals surface area contributed by atoms with Crippen LogP contribution in [0.15, 0.2) is 164 Å². The Labute approximate surface area is 250 Å². The number of hydrogen-bond acceptors (Lipinski definition) is 2. The Kier molecular flexibility index (Phi) is 6.12. The summed E-state index contributed by atoms with van der Waals surface area (Å²) in [6.07, 6.45) is 0. The second-order valence-corrected chi connectivity index (χ2v) is 10.7. The zero-order valence-electron chi connectivity index (χ0n) is 23.4. The Bertz CT molecular complexity index is 2050. The molecule has 2 aromatic heterocycles. The number of aromatic nitrogens is 3. The fourth-order valence-corrected chi connectivity index (χ4v) is 5.91. The third-order valence-electron chi connectivity index (χ3n) is 8.03. The van der Waals surface area contributed by atoms with Crippen LogP contribution < -0.4 is 0 Å². The fourth-order valence-electron chi connectivity index (χ4n) is 5.91. The van der Waals surface area contributed by atoms with Crippen LogP contribution in [0, 0.1) is 0 Å².